The van der Waals surface area contributed by atoms with E-state index in [4.69, 9.17) is 9.47 Å². The van der Waals surface area contributed by atoms with Crippen molar-refractivity contribution in [1.29, 1.82) is 0 Å². The van der Waals surface area contributed by atoms with E-state index in [0.29, 0.717) is 76.1 Å². The smallest absolute Gasteiger partial charge is 0.789 e. The number of unbranched alkanes of at least 4 members (excludes halogenated alkanes) is 2. The Morgan fingerprint density at radius 2 is 0.839 bits per heavy atom. The van der Waals surface area contributed by atoms with Crippen LogP contribution in [0.25, 0.3) is 0 Å². The van der Waals surface area contributed by atoms with Crippen LogP contribution in [-0.2, 0) is 63.4 Å². The van der Waals surface area contributed by atoms with Crippen LogP contribution in [0.5, 0.6) is 0 Å². The molecule has 0 fully saturated rings. The largest absolute Gasteiger partial charge is 2.00 e. The van der Waals surface area contributed by atoms with Gasteiger partial charge in [0.2, 0.25) is 0 Å². The zero-order valence-electron chi connectivity index (χ0n) is 17.1. The van der Waals surface area contributed by atoms with Crippen molar-refractivity contribution in [3.05, 3.63) is 0 Å². The molecule has 0 heterocycles. The van der Waals surface area contributed by atoms with Crippen LogP contribution in [0.2, 0.25) is 0 Å². The molecule has 0 aliphatic carbocycles. The molecule has 11 heteroatoms. The summed E-state index contributed by atoms with van der Waals surface area (Å²) in [6, 6.07) is 0. The number of rotatable bonds is 14. The van der Waals surface area contributed by atoms with Crippen LogP contribution in [0.3, 0.4) is 0 Å². The molecular formula is C20H38O8S2Sn. The molecule has 0 aliphatic rings. The first-order valence-corrected chi connectivity index (χ1v) is 10.2. The molecule has 0 aromatic carbocycles. The second-order valence-electron chi connectivity index (χ2n) is 5.42. The molecule has 0 bridgehead atoms. The van der Waals surface area contributed by atoms with Crippen LogP contribution in [-0.4, -0.2) is 86.7 Å². The van der Waals surface area contributed by atoms with Gasteiger partial charge in [-0.1, -0.05) is 14.9 Å². The Labute approximate surface area is 215 Å². The minimum Gasteiger partial charge on any atom is -0.789 e. The third kappa shape index (κ3) is 34.2. The van der Waals surface area contributed by atoms with Gasteiger partial charge in [-0.25, -0.2) is 0 Å². The molecule has 0 aliphatic heterocycles. The number of methoxy groups -OCH3 is 2. The number of hydrogen-bond donors (Lipinski definition) is 0. The second-order valence-corrected chi connectivity index (χ2v) is 6.23. The van der Waals surface area contributed by atoms with Gasteiger partial charge in [0, 0.05) is 25.7 Å². The average Bonchev–Trinajstić information content (AvgIpc) is 2.71. The van der Waals surface area contributed by atoms with Crippen molar-refractivity contribution < 1.29 is 38.1 Å². The van der Waals surface area contributed by atoms with E-state index in [1.165, 1.54) is 14.2 Å². The summed E-state index contributed by atoms with van der Waals surface area (Å²) >= 11 is 9.23. The summed E-state index contributed by atoms with van der Waals surface area (Å²) < 4.78 is 18.4. The molecule has 182 valence electrons. The van der Waals surface area contributed by atoms with E-state index in [9.17, 15) is 19.2 Å². The SMILES string of the molecule is C.C.COC(=O)CCCCC(=O)OCC[S-].COC(=O)CCCCC(=O)OCC[S-].[Sn+2]. The quantitative estimate of drug-likeness (QED) is 0.0987. The maximum atomic E-state index is 10.9. The number of carbonyl (C=O) groups is 4. The van der Waals surface area contributed by atoms with Crippen molar-refractivity contribution in [2.75, 3.05) is 38.9 Å². The summed E-state index contributed by atoms with van der Waals surface area (Å²) in [5.74, 6) is -0.144. The van der Waals surface area contributed by atoms with Gasteiger partial charge in [-0.3, -0.25) is 19.2 Å². The fourth-order valence-electron chi connectivity index (χ4n) is 1.74. The van der Waals surface area contributed by atoms with Gasteiger partial charge in [0.05, 0.1) is 27.4 Å². The summed E-state index contributed by atoms with van der Waals surface area (Å²) in [5.41, 5.74) is 0. The van der Waals surface area contributed by atoms with Gasteiger partial charge in [-0.2, -0.15) is 0 Å². The Morgan fingerprint density at radius 3 is 1.06 bits per heavy atom. The molecule has 0 N–H and O–H groups in total. The van der Waals surface area contributed by atoms with Gasteiger partial charge in [-0.15, -0.1) is 11.5 Å². The molecule has 0 aromatic heterocycles. The molecule has 0 rings (SSSR count). The maximum Gasteiger partial charge on any atom is 2.00 e. The van der Waals surface area contributed by atoms with Crippen molar-refractivity contribution in [1.82, 2.24) is 0 Å². The van der Waals surface area contributed by atoms with E-state index in [1.807, 2.05) is 0 Å². The zero-order chi connectivity index (χ0) is 21.6. The fourth-order valence-corrected chi connectivity index (χ4v) is 1.90. The van der Waals surface area contributed by atoms with E-state index in [-0.39, 0.29) is 62.6 Å². The number of hydrogen-bond acceptors (Lipinski definition) is 10. The van der Waals surface area contributed by atoms with E-state index in [0.717, 1.165) is 0 Å². The summed E-state index contributed by atoms with van der Waals surface area (Å²) in [7, 11) is 2.69. The predicted molar refractivity (Wildman–Crippen MR) is 127 cm³/mol. The molecule has 2 radical (unpaired) electrons. The molecule has 0 saturated heterocycles. The van der Waals surface area contributed by atoms with Crippen LogP contribution in [0.15, 0.2) is 0 Å². The van der Waals surface area contributed by atoms with Gasteiger partial charge in [0.1, 0.15) is 0 Å². The monoisotopic (exact) mass is 590 g/mol. The van der Waals surface area contributed by atoms with Gasteiger partial charge in [0.15, 0.2) is 0 Å². The summed E-state index contributed by atoms with van der Waals surface area (Å²) in [5, 5.41) is 0. The Bertz CT molecular complexity index is 411. The summed E-state index contributed by atoms with van der Waals surface area (Å²) in [4.78, 5) is 43.2. The van der Waals surface area contributed by atoms with E-state index in [1.54, 1.807) is 0 Å². The number of ether oxygens (including phenoxy) is 4. The topological polar surface area (TPSA) is 105 Å². The molecular weight excluding hydrogens is 551 g/mol. The van der Waals surface area contributed by atoms with Gasteiger partial charge in [0.25, 0.3) is 0 Å². The van der Waals surface area contributed by atoms with Crippen molar-refractivity contribution in [3.63, 3.8) is 0 Å². The van der Waals surface area contributed by atoms with E-state index < -0.39 is 0 Å². The maximum absolute atomic E-state index is 10.9. The van der Waals surface area contributed by atoms with Crippen molar-refractivity contribution in [2.45, 2.75) is 66.2 Å². The molecule has 0 spiro atoms. The normalized spacial score (nSPS) is 8.65. The molecule has 0 amide bonds. The van der Waals surface area contributed by atoms with Crippen molar-refractivity contribution in [3.8, 4) is 0 Å². The molecule has 8 nitrogen and oxygen atoms in total. The minimum absolute atomic E-state index is 0. The van der Waals surface area contributed by atoms with Crippen molar-refractivity contribution in [2.24, 2.45) is 0 Å². The van der Waals surface area contributed by atoms with E-state index >= 15 is 0 Å². The molecule has 0 unspecified atom stereocenters. The van der Waals surface area contributed by atoms with Crippen LogP contribution in [0.1, 0.15) is 66.2 Å². The Morgan fingerprint density at radius 1 is 0.581 bits per heavy atom. The van der Waals surface area contributed by atoms with Crippen LogP contribution in [0.4, 0.5) is 0 Å². The standard InChI is InChI=1S/2C9H16O4S.2CH4.Sn/c2*1-12-8(10)4-2-3-5-9(11)13-6-7-14;;;/h2*14H,2-7H2,1H3;2*1H4;/q;;;;+2/p-2. The first-order valence-electron chi connectivity index (χ1n) is 9.02. The van der Waals surface area contributed by atoms with Gasteiger partial charge < -0.3 is 44.2 Å². The predicted octanol–water partition coefficient (Wildman–Crippen LogP) is 2.51. The minimum atomic E-state index is -0.250. The molecule has 0 saturated carbocycles. The van der Waals surface area contributed by atoms with Crippen LogP contribution in [0, 0.1) is 0 Å². The Kier molecular flexibility index (Phi) is 41.5. The average molecular weight is 589 g/mol. The first kappa shape index (κ1) is 40.7. The number of esters is 4. The summed E-state index contributed by atoms with van der Waals surface area (Å²) in [6.45, 7) is 0.594. The molecule has 0 aromatic rings. The zero-order valence-corrected chi connectivity index (χ0v) is 21.6. The first-order chi connectivity index (χ1) is 13.4. The third-order valence-corrected chi connectivity index (χ3v) is 3.51. The number of carbonyl (C=O) groups excluding carboxylic acids is 4. The van der Waals surface area contributed by atoms with Gasteiger partial charge in [-0.05, 0) is 25.7 Å². The molecule has 31 heavy (non-hydrogen) atoms. The van der Waals surface area contributed by atoms with Crippen LogP contribution < -0.4 is 0 Å². The van der Waals surface area contributed by atoms with E-state index in [2.05, 4.69) is 34.7 Å². The van der Waals surface area contributed by atoms with Crippen molar-refractivity contribution >= 4 is 73.0 Å². The van der Waals surface area contributed by atoms with Gasteiger partial charge >= 0.3 is 47.8 Å². The molecule has 0 atom stereocenters. The Balaban J connectivity index is -0.000000133. The van der Waals surface area contributed by atoms with Crippen LogP contribution >= 0.6 is 0 Å². The fraction of sp³-hybridized carbons (Fsp3) is 0.800. The summed E-state index contributed by atoms with van der Waals surface area (Å²) in [6.07, 6.45) is 3.97. The Hall–Kier alpha value is -0.621. The third-order valence-electron chi connectivity index (χ3n) is 3.17. The second kappa shape index (κ2) is 31.6.